The lowest BCUT2D eigenvalue weighted by Gasteiger charge is -2.19. The van der Waals surface area contributed by atoms with Gasteiger partial charge in [-0.25, -0.2) is 4.98 Å². The van der Waals surface area contributed by atoms with Crippen molar-refractivity contribution >= 4 is 32.6 Å². The van der Waals surface area contributed by atoms with Crippen molar-refractivity contribution < 1.29 is 14.3 Å². The maximum absolute atomic E-state index is 11.9. The van der Waals surface area contributed by atoms with Gasteiger partial charge in [0.15, 0.2) is 16.6 Å². The summed E-state index contributed by atoms with van der Waals surface area (Å²) in [6.07, 6.45) is 0.908. The molecule has 0 radical (unpaired) electrons. The molecule has 0 unspecified atom stereocenters. The monoisotopic (exact) mass is 321 g/mol. The van der Waals surface area contributed by atoms with Gasteiger partial charge in [-0.2, -0.15) is 0 Å². The Morgan fingerprint density at radius 2 is 2.00 bits per heavy atom. The second kappa shape index (κ2) is 6.10. The van der Waals surface area contributed by atoms with Crippen LogP contribution in [0.4, 0.5) is 5.13 Å². The summed E-state index contributed by atoms with van der Waals surface area (Å²) in [5, 5.41) is 0.727. The number of amides is 1. The molecule has 0 atom stereocenters. The molecule has 1 aromatic heterocycles. The summed E-state index contributed by atoms with van der Waals surface area (Å²) in [6, 6.07) is 3.80. The summed E-state index contributed by atoms with van der Waals surface area (Å²) < 4.78 is 11.8. The highest BCUT2D eigenvalue weighted by molar-refractivity contribution is 7.22. The van der Waals surface area contributed by atoms with Crippen LogP contribution in [0.15, 0.2) is 12.1 Å². The minimum atomic E-state index is 0.0119. The first kappa shape index (κ1) is 15.1. The molecular formula is C15H19N3O3S. The van der Waals surface area contributed by atoms with E-state index in [1.54, 1.807) is 11.8 Å². The second-order valence-electron chi connectivity index (χ2n) is 5.50. The maximum atomic E-state index is 11.9. The molecule has 1 amide bonds. The summed E-state index contributed by atoms with van der Waals surface area (Å²) in [4.78, 5) is 20.4. The third-order valence-corrected chi connectivity index (χ3v) is 4.51. The van der Waals surface area contributed by atoms with Crippen LogP contribution in [0.5, 0.6) is 11.5 Å². The minimum Gasteiger partial charge on any atom is -0.454 e. The van der Waals surface area contributed by atoms with Crippen molar-refractivity contribution in [3.63, 3.8) is 0 Å². The highest BCUT2D eigenvalue weighted by atomic mass is 32.1. The number of fused-ring (bicyclic) bond motifs is 2. The zero-order chi connectivity index (χ0) is 15.7. The highest BCUT2D eigenvalue weighted by Crippen LogP contribution is 2.39. The van der Waals surface area contributed by atoms with Crippen molar-refractivity contribution in [3.05, 3.63) is 12.1 Å². The van der Waals surface area contributed by atoms with Gasteiger partial charge >= 0.3 is 0 Å². The SMILES string of the molecule is CC(=O)N(CCCN(C)C)c1nc2cc3c(cc2s1)OCO3. The fourth-order valence-corrected chi connectivity index (χ4v) is 3.40. The van der Waals surface area contributed by atoms with Gasteiger partial charge < -0.3 is 14.4 Å². The highest BCUT2D eigenvalue weighted by Gasteiger charge is 2.20. The van der Waals surface area contributed by atoms with Gasteiger partial charge in [0.05, 0.1) is 10.2 Å². The summed E-state index contributed by atoms with van der Waals surface area (Å²) in [5.74, 6) is 1.47. The normalized spacial score (nSPS) is 13.1. The average Bonchev–Trinajstić information content (AvgIpc) is 3.05. The van der Waals surface area contributed by atoms with Crippen LogP contribution in [0, 0.1) is 0 Å². The van der Waals surface area contributed by atoms with E-state index in [9.17, 15) is 4.79 Å². The van der Waals surface area contributed by atoms with Gasteiger partial charge in [-0.1, -0.05) is 11.3 Å². The van der Waals surface area contributed by atoms with E-state index in [1.165, 1.54) is 11.3 Å². The molecule has 2 heterocycles. The van der Waals surface area contributed by atoms with Crippen molar-refractivity contribution in [1.29, 1.82) is 0 Å². The number of carbonyl (C=O) groups is 1. The number of anilines is 1. The molecule has 3 rings (SSSR count). The van der Waals surface area contributed by atoms with E-state index >= 15 is 0 Å². The Morgan fingerprint density at radius 3 is 2.68 bits per heavy atom. The smallest absolute Gasteiger partial charge is 0.231 e. The van der Waals surface area contributed by atoms with Gasteiger partial charge in [-0.3, -0.25) is 9.69 Å². The molecule has 1 aromatic carbocycles. The molecule has 0 spiro atoms. The van der Waals surface area contributed by atoms with Gasteiger partial charge in [0, 0.05) is 25.6 Å². The zero-order valence-electron chi connectivity index (χ0n) is 13.0. The second-order valence-corrected chi connectivity index (χ2v) is 6.51. The Morgan fingerprint density at radius 1 is 1.27 bits per heavy atom. The lowest BCUT2D eigenvalue weighted by molar-refractivity contribution is -0.116. The number of hydrogen-bond donors (Lipinski definition) is 0. The summed E-state index contributed by atoms with van der Waals surface area (Å²) >= 11 is 1.50. The van der Waals surface area contributed by atoms with Crippen LogP contribution in [0.25, 0.3) is 10.2 Å². The topological polar surface area (TPSA) is 54.9 Å². The van der Waals surface area contributed by atoms with E-state index in [-0.39, 0.29) is 12.7 Å². The van der Waals surface area contributed by atoms with E-state index in [1.807, 2.05) is 26.2 Å². The standard InChI is InChI=1S/C15H19N3O3S/c1-10(19)18(6-4-5-17(2)3)15-16-11-7-12-13(21-9-20-12)8-14(11)22-15/h7-8H,4-6,9H2,1-3H3. The predicted molar refractivity (Wildman–Crippen MR) is 86.9 cm³/mol. The molecule has 0 saturated heterocycles. The van der Waals surface area contributed by atoms with E-state index < -0.39 is 0 Å². The van der Waals surface area contributed by atoms with Gasteiger partial charge in [0.1, 0.15) is 0 Å². The molecule has 6 nitrogen and oxygen atoms in total. The van der Waals surface area contributed by atoms with Crippen molar-refractivity contribution in [2.45, 2.75) is 13.3 Å². The zero-order valence-corrected chi connectivity index (χ0v) is 13.8. The predicted octanol–water partition coefficient (Wildman–Crippen LogP) is 2.33. The number of thiazole rings is 1. The van der Waals surface area contributed by atoms with Crippen LogP contribution in [0.3, 0.4) is 0 Å². The molecule has 2 aromatic rings. The number of nitrogens with zero attached hydrogens (tertiary/aromatic N) is 3. The summed E-state index contributed by atoms with van der Waals surface area (Å²) in [6.45, 7) is 3.43. The Labute approximate surface area is 133 Å². The molecule has 118 valence electrons. The molecule has 22 heavy (non-hydrogen) atoms. The number of rotatable bonds is 5. The van der Waals surface area contributed by atoms with Gasteiger partial charge in [-0.15, -0.1) is 0 Å². The third-order valence-electron chi connectivity index (χ3n) is 3.47. The van der Waals surface area contributed by atoms with Crippen LogP contribution in [0.2, 0.25) is 0 Å². The largest absolute Gasteiger partial charge is 0.454 e. The number of ether oxygens (including phenoxy) is 2. The Kier molecular flexibility index (Phi) is 4.17. The molecular weight excluding hydrogens is 302 g/mol. The van der Waals surface area contributed by atoms with Crippen LogP contribution in [-0.2, 0) is 4.79 Å². The van der Waals surface area contributed by atoms with E-state index in [2.05, 4.69) is 9.88 Å². The maximum Gasteiger partial charge on any atom is 0.231 e. The third kappa shape index (κ3) is 3.00. The van der Waals surface area contributed by atoms with Crippen LogP contribution >= 0.6 is 11.3 Å². The number of carbonyl (C=O) groups excluding carboxylic acids is 1. The van der Waals surface area contributed by atoms with Crippen molar-refractivity contribution in [2.75, 3.05) is 38.9 Å². The Balaban J connectivity index is 1.85. The number of aromatic nitrogens is 1. The Hall–Kier alpha value is -1.86. The van der Waals surface area contributed by atoms with Gasteiger partial charge in [0.2, 0.25) is 12.7 Å². The first-order valence-electron chi connectivity index (χ1n) is 7.17. The fraction of sp³-hybridized carbons (Fsp3) is 0.467. The summed E-state index contributed by atoms with van der Waals surface area (Å²) in [5.41, 5.74) is 0.836. The van der Waals surface area contributed by atoms with Crippen molar-refractivity contribution in [2.24, 2.45) is 0 Å². The number of hydrogen-bond acceptors (Lipinski definition) is 6. The van der Waals surface area contributed by atoms with Gasteiger partial charge in [0.25, 0.3) is 0 Å². The fourth-order valence-electron chi connectivity index (χ4n) is 2.35. The van der Waals surface area contributed by atoms with E-state index in [0.29, 0.717) is 12.3 Å². The lowest BCUT2D eigenvalue weighted by Crippen LogP contribution is -2.31. The molecule has 0 aliphatic carbocycles. The molecule has 0 saturated carbocycles. The minimum absolute atomic E-state index is 0.0119. The molecule has 0 N–H and O–H groups in total. The molecule has 0 bridgehead atoms. The first-order valence-corrected chi connectivity index (χ1v) is 7.99. The van der Waals surface area contributed by atoms with Gasteiger partial charge in [-0.05, 0) is 27.1 Å². The number of benzene rings is 1. The van der Waals surface area contributed by atoms with Crippen molar-refractivity contribution in [1.82, 2.24) is 9.88 Å². The van der Waals surface area contributed by atoms with Crippen LogP contribution < -0.4 is 14.4 Å². The van der Waals surface area contributed by atoms with Crippen LogP contribution in [-0.4, -0.2) is 49.8 Å². The molecule has 0 fully saturated rings. The quantitative estimate of drug-likeness (QED) is 0.846. The summed E-state index contributed by atoms with van der Waals surface area (Å²) in [7, 11) is 4.05. The van der Waals surface area contributed by atoms with Crippen molar-refractivity contribution in [3.8, 4) is 11.5 Å². The average molecular weight is 321 g/mol. The molecule has 1 aliphatic heterocycles. The lowest BCUT2D eigenvalue weighted by atomic mass is 10.3. The van der Waals surface area contributed by atoms with Crippen LogP contribution in [0.1, 0.15) is 13.3 Å². The van der Waals surface area contributed by atoms with E-state index in [0.717, 1.165) is 34.1 Å². The Bertz CT molecular complexity index is 658. The van der Waals surface area contributed by atoms with E-state index in [4.69, 9.17) is 9.47 Å². The first-order chi connectivity index (χ1) is 10.5. The molecule has 1 aliphatic rings. The molecule has 7 heteroatoms.